The average molecular weight is 184 g/mol. The number of hydrogen-bond acceptors (Lipinski definition) is 3. The van der Waals surface area contributed by atoms with Crippen molar-refractivity contribution in [2.24, 2.45) is 17.8 Å². The van der Waals surface area contributed by atoms with Crippen molar-refractivity contribution in [3.63, 3.8) is 0 Å². The van der Waals surface area contributed by atoms with Gasteiger partial charge in [0.25, 0.3) is 0 Å². The number of rotatable bonds is 2. The van der Waals surface area contributed by atoms with Gasteiger partial charge in [-0.15, -0.1) is 0 Å². The van der Waals surface area contributed by atoms with Gasteiger partial charge in [-0.1, -0.05) is 0 Å². The fourth-order valence-corrected chi connectivity index (χ4v) is 1.83. The van der Waals surface area contributed by atoms with Gasteiger partial charge in [0, 0.05) is 11.8 Å². The van der Waals surface area contributed by atoms with Crippen molar-refractivity contribution in [3.05, 3.63) is 11.9 Å². The fourth-order valence-electron chi connectivity index (χ4n) is 1.83. The van der Waals surface area contributed by atoms with E-state index in [0.717, 1.165) is 0 Å². The summed E-state index contributed by atoms with van der Waals surface area (Å²) in [5.74, 6) is -2.72. The van der Waals surface area contributed by atoms with E-state index in [-0.39, 0.29) is 11.9 Å². The number of hydrogen-bond donors (Lipinski definition) is 0. The third-order valence-corrected chi connectivity index (χ3v) is 2.51. The van der Waals surface area contributed by atoms with E-state index in [2.05, 4.69) is 0 Å². The molecule has 0 aromatic rings. The van der Waals surface area contributed by atoms with E-state index in [0.29, 0.717) is 6.61 Å². The zero-order valence-corrected chi connectivity index (χ0v) is 7.12. The Kier molecular flexibility index (Phi) is 1.71. The normalized spacial score (nSPS) is 35.4. The van der Waals surface area contributed by atoms with Crippen LogP contribution in [0, 0.1) is 17.8 Å². The van der Waals surface area contributed by atoms with Crippen LogP contribution in [-0.4, -0.2) is 18.4 Å². The molecule has 0 bridgehead atoms. The van der Waals surface area contributed by atoms with Crippen molar-refractivity contribution in [1.29, 1.82) is 0 Å². The molecule has 0 aliphatic heterocycles. The van der Waals surface area contributed by atoms with Gasteiger partial charge in [-0.05, 0) is 13.0 Å². The van der Waals surface area contributed by atoms with E-state index < -0.39 is 23.4 Å². The van der Waals surface area contributed by atoms with Gasteiger partial charge < -0.3 is 4.74 Å². The molecule has 0 unspecified atom stereocenters. The summed E-state index contributed by atoms with van der Waals surface area (Å²) in [7, 11) is 0. The maximum atomic E-state index is 12.6. The summed E-state index contributed by atoms with van der Waals surface area (Å²) in [6.07, 6.45) is 1.23. The van der Waals surface area contributed by atoms with Gasteiger partial charge >= 0.3 is 5.97 Å². The van der Waals surface area contributed by atoms with Crippen LogP contribution in [0.1, 0.15) is 6.92 Å². The van der Waals surface area contributed by atoms with Crippen molar-refractivity contribution in [1.82, 2.24) is 0 Å². The van der Waals surface area contributed by atoms with Gasteiger partial charge in [0.1, 0.15) is 0 Å². The summed E-state index contributed by atoms with van der Waals surface area (Å²) in [5.41, 5.74) is 0. The highest BCUT2D eigenvalue weighted by atomic mass is 19.1. The third kappa shape index (κ3) is 1.08. The Morgan fingerprint density at radius 3 is 2.85 bits per heavy atom. The Bertz CT molecular complexity index is 308. The summed E-state index contributed by atoms with van der Waals surface area (Å²) >= 11 is 0. The molecule has 0 saturated heterocycles. The zero-order valence-electron chi connectivity index (χ0n) is 7.12. The summed E-state index contributed by atoms with van der Waals surface area (Å²) < 4.78 is 17.3. The Morgan fingerprint density at radius 1 is 1.69 bits per heavy atom. The highest BCUT2D eigenvalue weighted by molar-refractivity contribution is 6.05. The lowest BCUT2D eigenvalue weighted by atomic mass is 10.2. The van der Waals surface area contributed by atoms with Gasteiger partial charge in [0.2, 0.25) is 0 Å². The Hall–Kier alpha value is -1.19. The van der Waals surface area contributed by atoms with Crippen LogP contribution in [0.5, 0.6) is 0 Å². The molecule has 0 radical (unpaired) electrons. The SMILES string of the molecule is CCOC(=O)[C@H]1[C@@H]2C=C(F)C(=O)[C@@H]21. The molecule has 1 fully saturated rings. The zero-order chi connectivity index (χ0) is 9.59. The highest BCUT2D eigenvalue weighted by Gasteiger charge is 2.63. The minimum absolute atomic E-state index is 0.230. The van der Waals surface area contributed by atoms with E-state index in [1.807, 2.05) is 0 Å². The number of allylic oxidation sites excluding steroid dienone is 2. The quantitative estimate of drug-likeness (QED) is 0.597. The number of fused-ring (bicyclic) bond motifs is 1. The molecular weight excluding hydrogens is 175 g/mol. The lowest BCUT2D eigenvalue weighted by Gasteiger charge is -2.00. The van der Waals surface area contributed by atoms with Crippen LogP contribution in [0.2, 0.25) is 0 Å². The summed E-state index contributed by atoms with van der Waals surface area (Å²) in [6.45, 7) is 2.00. The minimum atomic E-state index is -0.699. The van der Waals surface area contributed by atoms with Crippen molar-refractivity contribution in [2.45, 2.75) is 6.92 Å². The average Bonchev–Trinajstić information content (AvgIpc) is 2.70. The number of ketones is 1. The molecule has 70 valence electrons. The molecular formula is C9H9FO3. The molecule has 0 spiro atoms. The first-order valence-corrected chi connectivity index (χ1v) is 4.25. The molecule has 0 aromatic carbocycles. The maximum Gasteiger partial charge on any atom is 0.310 e. The number of esters is 1. The van der Waals surface area contributed by atoms with Crippen LogP contribution >= 0.6 is 0 Å². The van der Waals surface area contributed by atoms with Crippen molar-refractivity contribution in [3.8, 4) is 0 Å². The molecule has 0 aromatic heterocycles. The molecule has 4 heteroatoms. The van der Waals surface area contributed by atoms with Crippen LogP contribution in [0.3, 0.4) is 0 Å². The summed E-state index contributed by atoms with van der Waals surface area (Å²) in [6, 6.07) is 0. The largest absolute Gasteiger partial charge is 0.466 e. The predicted molar refractivity (Wildman–Crippen MR) is 41.3 cm³/mol. The molecule has 1 saturated carbocycles. The molecule has 13 heavy (non-hydrogen) atoms. The van der Waals surface area contributed by atoms with E-state index in [9.17, 15) is 14.0 Å². The maximum absolute atomic E-state index is 12.6. The number of carbonyl (C=O) groups excluding carboxylic acids is 2. The van der Waals surface area contributed by atoms with Gasteiger partial charge in [0.05, 0.1) is 12.5 Å². The summed E-state index contributed by atoms with van der Waals surface area (Å²) in [5, 5.41) is 0. The number of ether oxygens (including phenoxy) is 1. The second kappa shape index (κ2) is 2.65. The first kappa shape index (κ1) is 8.41. The predicted octanol–water partition coefficient (Wildman–Crippen LogP) is 0.848. The molecule has 3 nitrogen and oxygen atoms in total. The van der Waals surface area contributed by atoms with Crippen molar-refractivity contribution >= 4 is 11.8 Å². The second-order valence-corrected chi connectivity index (χ2v) is 3.26. The lowest BCUT2D eigenvalue weighted by Crippen LogP contribution is -2.12. The summed E-state index contributed by atoms with van der Waals surface area (Å²) in [4.78, 5) is 22.2. The van der Waals surface area contributed by atoms with Crippen LogP contribution in [0.15, 0.2) is 11.9 Å². The minimum Gasteiger partial charge on any atom is -0.466 e. The second-order valence-electron chi connectivity index (χ2n) is 3.26. The van der Waals surface area contributed by atoms with Crippen LogP contribution < -0.4 is 0 Å². The van der Waals surface area contributed by atoms with E-state index in [1.165, 1.54) is 6.08 Å². The molecule has 3 atom stereocenters. The smallest absolute Gasteiger partial charge is 0.310 e. The number of carbonyl (C=O) groups is 2. The van der Waals surface area contributed by atoms with Crippen LogP contribution in [0.4, 0.5) is 4.39 Å². The first-order valence-electron chi connectivity index (χ1n) is 4.25. The molecule has 2 aliphatic rings. The Labute approximate surface area is 74.6 Å². The monoisotopic (exact) mass is 184 g/mol. The first-order chi connectivity index (χ1) is 6.16. The van der Waals surface area contributed by atoms with Gasteiger partial charge in [-0.3, -0.25) is 9.59 Å². The highest BCUT2D eigenvalue weighted by Crippen LogP contribution is 2.54. The van der Waals surface area contributed by atoms with E-state index in [4.69, 9.17) is 4.74 Å². The number of Topliss-reactive ketones (excluding diaryl/α,β-unsaturated/α-hetero) is 1. The molecule has 0 heterocycles. The van der Waals surface area contributed by atoms with Crippen LogP contribution in [-0.2, 0) is 14.3 Å². The standard InChI is InChI=1S/C9H9FO3/c1-2-13-9(12)7-4-3-5(10)8(11)6(4)7/h3-4,6-7H,2H2,1H3/t4-,6+,7+/m1/s1. The van der Waals surface area contributed by atoms with E-state index in [1.54, 1.807) is 6.92 Å². The number of halogens is 1. The molecule has 0 N–H and O–H groups in total. The third-order valence-electron chi connectivity index (χ3n) is 2.51. The van der Waals surface area contributed by atoms with Gasteiger partial charge in [-0.2, -0.15) is 0 Å². The molecule has 0 amide bonds. The Balaban J connectivity index is 2.04. The molecule has 2 aliphatic carbocycles. The molecule has 2 rings (SSSR count). The van der Waals surface area contributed by atoms with E-state index >= 15 is 0 Å². The van der Waals surface area contributed by atoms with Crippen molar-refractivity contribution in [2.75, 3.05) is 6.61 Å². The van der Waals surface area contributed by atoms with Gasteiger partial charge in [0.15, 0.2) is 11.6 Å². The van der Waals surface area contributed by atoms with Crippen LogP contribution in [0.25, 0.3) is 0 Å². The lowest BCUT2D eigenvalue weighted by molar-refractivity contribution is -0.146. The van der Waals surface area contributed by atoms with Crippen molar-refractivity contribution < 1.29 is 18.7 Å². The van der Waals surface area contributed by atoms with Gasteiger partial charge in [-0.25, -0.2) is 4.39 Å². The fraction of sp³-hybridized carbons (Fsp3) is 0.556. The topological polar surface area (TPSA) is 43.4 Å². The Morgan fingerprint density at radius 2 is 2.38 bits per heavy atom.